The first-order valence-electron chi connectivity index (χ1n) is 8.19. The number of amides is 1. The summed E-state index contributed by atoms with van der Waals surface area (Å²) in [7, 11) is 0. The minimum atomic E-state index is -0.296. The fourth-order valence-corrected chi connectivity index (χ4v) is 3.09. The largest absolute Gasteiger partial charge is 0.445 e. The third kappa shape index (κ3) is 3.37. The Kier molecular flexibility index (Phi) is 4.50. The van der Waals surface area contributed by atoms with Crippen molar-refractivity contribution < 1.29 is 13.6 Å². The lowest BCUT2D eigenvalue weighted by atomic mass is 10.1. The number of carbonyl (C=O) groups is 1. The van der Waals surface area contributed by atoms with Gasteiger partial charge in [0, 0.05) is 11.3 Å². The number of oxazole rings is 1. The van der Waals surface area contributed by atoms with Crippen LogP contribution in [0.3, 0.4) is 0 Å². The summed E-state index contributed by atoms with van der Waals surface area (Å²) in [6.45, 7) is 2.11. The van der Waals surface area contributed by atoms with Gasteiger partial charge in [0.05, 0.1) is 0 Å². The normalized spacial score (nSPS) is 11.0. The molecule has 5 nitrogen and oxygen atoms in total. The first-order valence-corrected chi connectivity index (χ1v) is 9.27. The van der Waals surface area contributed by atoms with Crippen LogP contribution < -0.4 is 5.32 Å². The molecular formula is C20H15IN2O3. The Morgan fingerprint density at radius 2 is 2.00 bits per heavy atom. The molecule has 0 aliphatic rings. The Hall–Kier alpha value is -2.61. The highest BCUT2D eigenvalue weighted by Gasteiger charge is 2.13. The number of nitrogens with zero attached hydrogens (tertiary/aromatic N) is 1. The van der Waals surface area contributed by atoms with Crippen LogP contribution in [0.25, 0.3) is 22.6 Å². The first-order chi connectivity index (χ1) is 12.6. The minimum absolute atomic E-state index is 0.272. The van der Waals surface area contributed by atoms with E-state index in [4.69, 9.17) is 8.83 Å². The second-order valence-corrected chi connectivity index (χ2v) is 6.88. The predicted octanol–water partition coefficient (Wildman–Crippen LogP) is 5.51. The molecule has 4 rings (SSSR count). The summed E-state index contributed by atoms with van der Waals surface area (Å²) in [5.74, 6) is 0.501. The van der Waals surface area contributed by atoms with Crippen molar-refractivity contribution in [3.63, 3.8) is 0 Å². The van der Waals surface area contributed by atoms with Crippen LogP contribution in [0.2, 0.25) is 0 Å². The number of aryl methyl sites for hydroxylation is 1. The Morgan fingerprint density at radius 3 is 2.77 bits per heavy atom. The lowest BCUT2D eigenvalue weighted by molar-refractivity contribution is 0.0995. The molecule has 0 spiro atoms. The molecule has 130 valence electrons. The van der Waals surface area contributed by atoms with Crippen LogP contribution in [0.5, 0.6) is 0 Å². The lowest BCUT2D eigenvalue weighted by Gasteiger charge is -2.04. The van der Waals surface area contributed by atoms with Crippen LogP contribution in [0.15, 0.2) is 63.4 Å². The molecule has 0 bridgehead atoms. The molecule has 0 aliphatic carbocycles. The molecule has 1 N–H and O–H groups in total. The van der Waals surface area contributed by atoms with Gasteiger partial charge in [0.1, 0.15) is 5.52 Å². The van der Waals surface area contributed by atoms with Crippen LogP contribution >= 0.6 is 22.6 Å². The number of rotatable bonds is 4. The van der Waals surface area contributed by atoms with E-state index in [0.717, 1.165) is 23.1 Å². The zero-order valence-electron chi connectivity index (χ0n) is 14.0. The smallest absolute Gasteiger partial charge is 0.291 e. The highest BCUT2D eigenvalue weighted by molar-refractivity contribution is 14.1. The van der Waals surface area contributed by atoms with Crippen molar-refractivity contribution >= 4 is 45.3 Å². The molecule has 4 aromatic rings. The van der Waals surface area contributed by atoms with Crippen molar-refractivity contribution in [2.24, 2.45) is 0 Å². The second kappa shape index (κ2) is 6.95. The standard InChI is InChI=1S/C20H15IN2O3/c1-2-12-6-7-16-15(10-12)23-20(26-16)13-4-3-5-14(11-13)22-19(24)17-8-9-18(21)25-17/h3-11H,2H2,1H3,(H,22,24). The SMILES string of the molecule is CCc1ccc2oc(-c3cccc(NC(=O)c4ccc(I)o4)c3)nc2c1. The van der Waals surface area contributed by atoms with Gasteiger partial charge < -0.3 is 14.2 Å². The summed E-state index contributed by atoms with van der Waals surface area (Å²) in [4.78, 5) is 16.8. The van der Waals surface area contributed by atoms with E-state index in [9.17, 15) is 4.79 Å². The molecule has 6 heteroatoms. The van der Waals surface area contributed by atoms with E-state index in [1.54, 1.807) is 12.1 Å². The van der Waals surface area contributed by atoms with E-state index in [0.29, 0.717) is 15.3 Å². The fraction of sp³-hybridized carbons (Fsp3) is 0.100. The van der Waals surface area contributed by atoms with Crippen LogP contribution in [0, 0.1) is 3.77 Å². The van der Waals surface area contributed by atoms with Crippen LogP contribution in [0.1, 0.15) is 23.0 Å². The van der Waals surface area contributed by atoms with E-state index in [1.807, 2.05) is 65.1 Å². The topological polar surface area (TPSA) is 68.3 Å². The molecule has 0 saturated heterocycles. The van der Waals surface area contributed by atoms with Gasteiger partial charge in [0.2, 0.25) is 5.89 Å². The quantitative estimate of drug-likeness (QED) is 0.410. The number of aromatic nitrogens is 1. The molecule has 0 radical (unpaired) electrons. The Morgan fingerprint density at radius 1 is 1.12 bits per heavy atom. The van der Waals surface area contributed by atoms with Gasteiger partial charge in [-0.25, -0.2) is 4.98 Å². The third-order valence-electron chi connectivity index (χ3n) is 4.02. The van der Waals surface area contributed by atoms with Gasteiger partial charge in [-0.1, -0.05) is 19.1 Å². The number of hydrogen-bond donors (Lipinski definition) is 1. The number of carbonyl (C=O) groups excluding carboxylic acids is 1. The highest BCUT2D eigenvalue weighted by atomic mass is 127. The molecule has 0 atom stereocenters. The zero-order valence-corrected chi connectivity index (χ0v) is 16.1. The maximum Gasteiger partial charge on any atom is 0.291 e. The van der Waals surface area contributed by atoms with Crippen LogP contribution in [-0.4, -0.2) is 10.9 Å². The predicted molar refractivity (Wildman–Crippen MR) is 108 cm³/mol. The monoisotopic (exact) mass is 458 g/mol. The summed E-state index contributed by atoms with van der Waals surface area (Å²) >= 11 is 2.02. The molecule has 2 aromatic carbocycles. The summed E-state index contributed by atoms with van der Waals surface area (Å²) < 4.78 is 11.9. The molecule has 0 fully saturated rings. The van der Waals surface area contributed by atoms with E-state index >= 15 is 0 Å². The van der Waals surface area contributed by atoms with Gasteiger partial charge >= 0.3 is 0 Å². The number of nitrogens with one attached hydrogen (secondary N) is 1. The van der Waals surface area contributed by atoms with Gasteiger partial charge in [-0.3, -0.25) is 4.79 Å². The van der Waals surface area contributed by atoms with Crippen molar-refractivity contribution in [1.82, 2.24) is 4.98 Å². The summed E-state index contributed by atoms with van der Waals surface area (Å²) in [6.07, 6.45) is 0.950. The highest BCUT2D eigenvalue weighted by Crippen LogP contribution is 2.27. The molecular weight excluding hydrogens is 443 g/mol. The van der Waals surface area contributed by atoms with Gasteiger partial charge in [-0.05, 0) is 77.0 Å². The maximum atomic E-state index is 12.2. The second-order valence-electron chi connectivity index (χ2n) is 5.81. The van der Waals surface area contributed by atoms with Gasteiger partial charge in [-0.2, -0.15) is 0 Å². The van der Waals surface area contributed by atoms with Gasteiger partial charge in [0.25, 0.3) is 5.91 Å². The molecule has 0 aliphatic heterocycles. The third-order valence-corrected chi connectivity index (χ3v) is 4.60. The average Bonchev–Trinajstić information content (AvgIpc) is 3.27. The molecule has 0 unspecified atom stereocenters. The Bertz CT molecular complexity index is 1100. The number of halogens is 1. The van der Waals surface area contributed by atoms with Crippen molar-refractivity contribution in [2.45, 2.75) is 13.3 Å². The summed E-state index contributed by atoms with van der Waals surface area (Å²) in [5, 5.41) is 2.83. The van der Waals surface area contributed by atoms with Crippen molar-refractivity contribution in [2.75, 3.05) is 5.32 Å². The lowest BCUT2D eigenvalue weighted by Crippen LogP contribution is -2.10. The number of hydrogen-bond acceptors (Lipinski definition) is 4. The fourth-order valence-electron chi connectivity index (χ4n) is 2.68. The zero-order chi connectivity index (χ0) is 18.1. The molecule has 26 heavy (non-hydrogen) atoms. The van der Waals surface area contributed by atoms with Crippen molar-refractivity contribution in [1.29, 1.82) is 0 Å². The average molecular weight is 458 g/mol. The number of anilines is 1. The van der Waals surface area contributed by atoms with Crippen molar-refractivity contribution in [3.8, 4) is 11.5 Å². The Labute approximate surface area is 163 Å². The molecule has 2 heterocycles. The number of benzene rings is 2. The van der Waals surface area contributed by atoms with E-state index < -0.39 is 0 Å². The van der Waals surface area contributed by atoms with E-state index in [2.05, 4.69) is 17.2 Å². The molecule has 0 saturated carbocycles. The summed E-state index contributed by atoms with van der Waals surface area (Å²) in [5.41, 5.74) is 4.24. The Balaban J connectivity index is 1.62. The first kappa shape index (κ1) is 16.8. The maximum absolute atomic E-state index is 12.2. The van der Waals surface area contributed by atoms with Crippen molar-refractivity contribution in [3.05, 3.63) is 69.7 Å². The van der Waals surface area contributed by atoms with E-state index in [-0.39, 0.29) is 11.7 Å². The van der Waals surface area contributed by atoms with Gasteiger partial charge in [-0.15, -0.1) is 0 Å². The molecule has 1 amide bonds. The van der Waals surface area contributed by atoms with Crippen LogP contribution in [0.4, 0.5) is 5.69 Å². The summed E-state index contributed by atoms with van der Waals surface area (Å²) in [6, 6.07) is 16.8. The molecule has 2 aromatic heterocycles. The van der Waals surface area contributed by atoms with Crippen LogP contribution in [-0.2, 0) is 6.42 Å². The number of furan rings is 1. The number of fused-ring (bicyclic) bond motifs is 1. The minimum Gasteiger partial charge on any atom is -0.445 e. The van der Waals surface area contributed by atoms with E-state index in [1.165, 1.54) is 5.56 Å². The van der Waals surface area contributed by atoms with Gasteiger partial charge in [0.15, 0.2) is 15.1 Å².